The molecule has 0 aliphatic rings. The van der Waals surface area contributed by atoms with E-state index in [0.717, 1.165) is 5.56 Å². The lowest BCUT2D eigenvalue weighted by Crippen LogP contribution is -2.28. The molecule has 0 fully saturated rings. The van der Waals surface area contributed by atoms with Gasteiger partial charge in [-0.15, -0.1) is 0 Å². The van der Waals surface area contributed by atoms with E-state index in [1.807, 2.05) is 17.9 Å². The van der Waals surface area contributed by atoms with E-state index in [2.05, 4.69) is 4.98 Å². The number of nitrogens with one attached hydrogen (secondary N) is 1. The monoisotopic (exact) mass is 356 g/mol. The van der Waals surface area contributed by atoms with Crippen molar-refractivity contribution in [1.29, 1.82) is 0 Å². The highest BCUT2D eigenvalue weighted by Crippen LogP contribution is 2.20. The third kappa shape index (κ3) is 3.52. The van der Waals surface area contributed by atoms with Crippen LogP contribution in [0.5, 0.6) is 0 Å². The van der Waals surface area contributed by atoms with Crippen molar-refractivity contribution in [2.45, 2.75) is 18.2 Å². The zero-order valence-electron chi connectivity index (χ0n) is 13.5. The lowest BCUT2D eigenvalue weighted by Gasteiger charge is -2.10. The summed E-state index contributed by atoms with van der Waals surface area (Å²) in [4.78, 5) is 23.0. The molecule has 0 atom stereocenters. The van der Waals surface area contributed by atoms with Crippen molar-refractivity contribution in [3.8, 4) is 0 Å². The molecule has 0 aliphatic heterocycles. The van der Waals surface area contributed by atoms with Gasteiger partial charge in [-0.3, -0.25) is 4.98 Å². The number of para-hydroxylation sites is 1. The van der Waals surface area contributed by atoms with E-state index < -0.39 is 16.0 Å². The molecular weight excluding hydrogens is 340 g/mol. The predicted molar refractivity (Wildman–Crippen MR) is 93.3 cm³/mol. The van der Waals surface area contributed by atoms with Crippen LogP contribution in [0, 0.1) is 0 Å². The summed E-state index contributed by atoms with van der Waals surface area (Å²) >= 11 is 0. The number of fused-ring (bicyclic) bond motifs is 1. The number of hydrogen-bond donors (Lipinski definition) is 1. The maximum absolute atomic E-state index is 12.5. The number of pyridine rings is 1. The van der Waals surface area contributed by atoms with Gasteiger partial charge in [0.25, 0.3) is 10.0 Å². The van der Waals surface area contributed by atoms with Crippen LogP contribution >= 0.6 is 0 Å². The number of nitrogens with zero attached hydrogens (tertiary/aromatic N) is 1. The number of aromatic nitrogens is 1. The summed E-state index contributed by atoms with van der Waals surface area (Å²) in [6.45, 7) is 1.90. The molecule has 0 saturated heterocycles. The Labute approximate surface area is 145 Å². The van der Waals surface area contributed by atoms with Gasteiger partial charge in [0, 0.05) is 11.6 Å². The number of carbonyl (C=O) groups excluding carboxylic acids is 1. The van der Waals surface area contributed by atoms with Gasteiger partial charge in [-0.05, 0) is 35.1 Å². The molecular formula is C18H16N2O4S. The molecule has 3 rings (SSSR count). The molecule has 0 unspecified atom stereocenters. The molecule has 2 aromatic carbocycles. The van der Waals surface area contributed by atoms with Gasteiger partial charge in [-0.25, -0.2) is 13.2 Å². The van der Waals surface area contributed by atoms with Crippen molar-refractivity contribution in [2.24, 2.45) is 0 Å². The maximum atomic E-state index is 12.5. The standard InChI is InChI=1S/C18H16N2O4S/c1-2-13-7-3-4-10-15(13)18(21)24-20-25(22,23)16-11-5-8-14-9-6-12-19-17(14)16/h3-12,20H,2H2,1H3. The van der Waals surface area contributed by atoms with Gasteiger partial charge >= 0.3 is 5.97 Å². The molecule has 0 radical (unpaired) electrons. The molecule has 7 heteroatoms. The van der Waals surface area contributed by atoms with Crippen molar-refractivity contribution >= 4 is 26.9 Å². The first-order valence-electron chi connectivity index (χ1n) is 7.67. The van der Waals surface area contributed by atoms with E-state index in [0.29, 0.717) is 22.9 Å². The molecule has 3 aromatic rings. The third-order valence-electron chi connectivity index (χ3n) is 3.75. The van der Waals surface area contributed by atoms with Crippen LogP contribution < -0.4 is 4.89 Å². The Balaban J connectivity index is 1.86. The average Bonchev–Trinajstić information content (AvgIpc) is 2.65. The fourth-order valence-corrected chi connectivity index (χ4v) is 3.47. The number of aryl methyl sites for hydroxylation is 1. The van der Waals surface area contributed by atoms with Crippen LogP contribution in [0.2, 0.25) is 0 Å². The Bertz CT molecular complexity index is 1030. The van der Waals surface area contributed by atoms with Gasteiger partial charge in [-0.1, -0.05) is 43.3 Å². The summed E-state index contributed by atoms with van der Waals surface area (Å²) in [6, 6.07) is 15.1. The second-order valence-corrected chi connectivity index (χ2v) is 6.93. The largest absolute Gasteiger partial charge is 0.358 e. The molecule has 0 saturated carbocycles. The molecule has 128 valence electrons. The second-order valence-electron chi connectivity index (χ2n) is 5.32. The van der Waals surface area contributed by atoms with Crippen LogP contribution in [0.1, 0.15) is 22.8 Å². The highest BCUT2D eigenvalue weighted by atomic mass is 32.2. The number of hydrogen-bond acceptors (Lipinski definition) is 5. The normalized spacial score (nSPS) is 11.4. The fraction of sp³-hybridized carbons (Fsp3) is 0.111. The molecule has 25 heavy (non-hydrogen) atoms. The van der Waals surface area contributed by atoms with E-state index in [-0.39, 0.29) is 4.90 Å². The minimum absolute atomic E-state index is 0.0535. The Morgan fingerprint density at radius 1 is 1.08 bits per heavy atom. The van der Waals surface area contributed by atoms with E-state index in [9.17, 15) is 13.2 Å². The van der Waals surface area contributed by atoms with Gasteiger partial charge in [0.1, 0.15) is 4.90 Å². The highest BCUT2D eigenvalue weighted by Gasteiger charge is 2.21. The van der Waals surface area contributed by atoms with Gasteiger partial charge in [0.2, 0.25) is 0 Å². The summed E-state index contributed by atoms with van der Waals surface area (Å²) in [7, 11) is -4.07. The fourth-order valence-electron chi connectivity index (χ4n) is 2.51. The summed E-state index contributed by atoms with van der Waals surface area (Å²) in [5.74, 6) is -0.755. The number of sulfonamides is 1. The van der Waals surface area contributed by atoms with Crippen LogP contribution in [0.15, 0.2) is 65.7 Å². The molecule has 0 aliphatic carbocycles. The zero-order valence-corrected chi connectivity index (χ0v) is 14.3. The Morgan fingerprint density at radius 2 is 1.84 bits per heavy atom. The molecule has 0 bridgehead atoms. The first kappa shape index (κ1) is 17.1. The summed E-state index contributed by atoms with van der Waals surface area (Å²) < 4.78 is 25.0. The Morgan fingerprint density at radius 3 is 2.64 bits per heavy atom. The second kappa shape index (κ2) is 7.00. The minimum Gasteiger partial charge on any atom is -0.351 e. The van der Waals surface area contributed by atoms with Gasteiger partial charge in [0.05, 0.1) is 11.1 Å². The molecule has 0 amide bonds. The van der Waals surface area contributed by atoms with E-state index in [1.165, 1.54) is 12.3 Å². The molecule has 0 spiro atoms. The average molecular weight is 356 g/mol. The molecule has 1 heterocycles. The van der Waals surface area contributed by atoms with Gasteiger partial charge < -0.3 is 4.84 Å². The quantitative estimate of drug-likeness (QED) is 0.711. The predicted octanol–water partition coefficient (Wildman–Crippen LogP) is 2.85. The van der Waals surface area contributed by atoms with Crippen LogP contribution in [-0.2, 0) is 21.3 Å². The first-order chi connectivity index (χ1) is 12.0. The maximum Gasteiger partial charge on any atom is 0.358 e. The first-order valence-corrected chi connectivity index (χ1v) is 9.16. The lowest BCUT2D eigenvalue weighted by molar-refractivity contribution is 0.0406. The summed E-state index contributed by atoms with van der Waals surface area (Å²) in [6.07, 6.45) is 2.14. The van der Waals surface area contributed by atoms with Crippen LogP contribution in [-0.4, -0.2) is 19.4 Å². The van der Waals surface area contributed by atoms with E-state index in [1.54, 1.807) is 42.5 Å². The Kier molecular flexibility index (Phi) is 4.78. The molecule has 1 N–H and O–H groups in total. The summed E-state index contributed by atoms with van der Waals surface area (Å²) in [5, 5.41) is 0.674. The van der Waals surface area contributed by atoms with Crippen molar-refractivity contribution in [3.63, 3.8) is 0 Å². The third-order valence-corrected chi connectivity index (χ3v) is 4.96. The lowest BCUT2D eigenvalue weighted by atomic mass is 10.1. The number of rotatable bonds is 5. The van der Waals surface area contributed by atoms with Crippen molar-refractivity contribution in [3.05, 3.63) is 71.9 Å². The molecule has 6 nitrogen and oxygen atoms in total. The van der Waals surface area contributed by atoms with Crippen molar-refractivity contribution in [1.82, 2.24) is 9.87 Å². The zero-order chi connectivity index (χ0) is 17.9. The van der Waals surface area contributed by atoms with Crippen molar-refractivity contribution in [2.75, 3.05) is 0 Å². The SMILES string of the molecule is CCc1ccccc1C(=O)ONS(=O)(=O)c1cccc2cccnc12. The summed E-state index contributed by atoms with van der Waals surface area (Å²) in [5.41, 5.74) is 1.41. The van der Waals surface area contributed by atoms with Gasteiger partial charge in [-0.2, -0.15) is 0 Å². The van der Waals surface area contributed by atoms with Gasteiger partial charge in [0.15, 0.2) is 0 Å². The van der Waals surface area contributed by atoms with E-state index >= 15 is 0 Å². The smallest absolute Gasteiger partial charge is 0.351 e. The number of benzene rings is 2. The Hall–Kier alpha value is -2.77. The van der Waals surface area contributed by atoms with Crippen molar-refractivity contribution < 1.29 is 18.0 Å². The van der Waals surface area contributed by atoms with Crippen LogP contribution in [0.25, 0.3) is 10.9 Å². The number of carbonyl (C=O) groups is 1. The topological polar surface area (TPSA) is 85.4 Å². The minimum atomic E-state index is -4.07. The van der Waals surface area contributed by atoms with E-state index in [4.69, 9.17) is 4.84 Å². The molecule has 1 aromatic heterocycles. The van der Waals surface area contributed by atoms with Crippen LogP contribution in [0.4, 0.5) is 0 Å². The highest BCUT2D eigenvalue weighted by molar-refractivity contribution is 7.89. The van der Waals surface area contributed by atoms with Crippen LogP contribution in [0.3, 0.4) is 0 Å².